The third-order valence-electron chi connectivity index (χ3n) is 7.07. The first kappa shape index (κ1) is 28.4. The highest BCUT2D eigenvalue weighted by Crippen LogP contribution is 2.26. The smallest absolute Gasteiger partial charge is 0.256 e. The van der Waals surface area contributed by atoms with E-state index in [0.717, 1.165) is 29.9 Å². The minimum atomic E-state index is -0.336. The van der Waals surface area contributed by atoms with E-state index in [4.69, 9.17) is 14.2 Å². The van der Waals surface area contributed by atoms with Gasteiger partial charge in [0.05, 0.1) is 43.7 Å². The van der Waals surface area contributed by atoms with E-state index >= 15 is 0 Å². The summed E-state index contributed by atoms with van der Waals surface area (Å²) >= 11 is 0. The molecule has 0 radical (unpaired) electrons. The molecule has 4 heterocycles. The highest BCUT2D eigenvalue weighted by atomic mass is 16.5. The van der Waals surface area contributed by atoms with Crippen molar-refractivity contribution >= 4 is 17.6 Å². The number of fused-ring (bicyclic) bond motifs is 5. The number of carbonyl (C=O) groups is 2. The Balaban J connectivity index is 1.45. The van der Waals surface area contributed by atoms with Gasteiger partial charge in [-0.2, -0.15) is 0 Å². The fourth-order valence-corrected chi connectivity index (χ4v) is 5.12. The Morgan fingerprint density at radius 1 is 1.10 bits per heavy atom. The van der Waals surface area contributed by atoms with E-state index in [2.05, 4.69) is 32.1 Å². The number of nitrogens with one attached hydrogen (secondary N) is 1. The van der Waals surface area contributed by atoms with Crippen LogP contribution in [0.4, 0.5) is 5.82 Å². The molecule has 2 aliphatic heterocycles. The van der Waals surface area contributed by atoms with Crippen molar-refractivity contribution in [2.24, 2.45) is 0 Å². The normalized spacial score (nSPS) is 19.5. The molecule has 0 aliphatic carbocycles. The molecule has 1 saturated heterocycles. The van der Waals surface area contributed by atoms with Gasteiger partial charge >= 0.3 is 0 Å². The van der Waals surface area contributed by atoms with E-state index in [1.165, 1.54) is 11.1 Å². The van der Waals surface area contributed by atoms with E-state index < -0.39 is 0 Å². The zero-order valence-corrected chi connectivity index (χ0v) is 23.7. The fraction of sp³-hybridized carbons (Fsp3) is 0.433. The Labute approximate surface area is 239 Å². The van der Waals surface area contributed by atoms with Gasteiger partial charge in [0.25, 0.3) is 5.91 Å². The second-order valence-corrected chi connectivity index (χ2v) is 10.3. The molecule has 11 nitrogen and oxygen atoms in total. The van der Waals surface area contributed by atoms with Gasteiger partial charge in [0, 0.05) is 44.7 Å². The molecule has 1 N–H and O–H groups in total. The number of carbonyl (C=O) groups excluding carboxylic acids is 2. The SMILES string of the molecule is CCCc1cc(N2C[C@@H]3NC(=O)CN(CCOC)C(=O)c4cncc(c4)Oc4cccc(c4)CO[C@H]3C2)nc(C)n1. The van der Waals surface area contributed by atoms with Crippen LogP contribution in [-0.2, 0) is 27.3 Å². The number of nitrogens with zero attached hydrogens (tertiary/aromatic N) is 5. The molecule has 4 bridgehead atoms. The number of aryl methyl sites for hydroxylation is 2. The molecule has 5 rings (SSSR count). The molecular formula is C30H36N6O5. The topological polar surface area (TPSA) is 119 Å². The van der Waals surface area contributed by atoms with Gasteiger partial charge in [-0.1, -0.05) is 25.5 Å². The van der Waals surface area contributed by atoms with Gasteiger partial charge in [-0.15, -0.1) is 0 Å². The molecule has 2 amide bonds. The number of hydrogen-bond acceptors (Lipinski definition) is 9. The molecule has 1 fully saturated rings. The molecule has 2 aromatic heterocycles. The standard InChI is InChI=1S/C30H36N6O5/c1-4-6-23-13-28(33-20(2)32-23)36-16-26-27(17-36)40-19-21-7-5-8-24(11-21)41-25-12-22(14-31-15-25)30(38)35(9-10-39-3)18-29(37)34-26/h5,7-8,11-15,26-27H,4,6,9-10,16-19H2,1-3H3,(H,34,37)/t26-,27-/m0/s1. The summed E-state index contributed by atoms with van der Waals surface area (Å²) < 4.78 is 17.6. The van der Waals surface area contributed by atoms with Crippen LogP contribution < -0.4 is 15.0 Å². The summed E-state index contributed by atoms with van der Waals surface area (Å²) in [6.07, 6.45) is 4.57. The van der Waals surface area contributed by atoms with Crippen LogP contribution in [0.1, 0.15) is 40.8 Å². The Bertz CT molecular complexity index is 1380. The van der Waals surface area contributed by atoms with E-state index in [-0.39, 0.29) is 43.7 Å². The number of aromatic nitrogens is 3. The molecule has 11 heteroatoms. The average molecular weight is 561 g/mol. The Hall–Kier alpha value is -4.09. The second kappa shape index (κ2) is 13.0. The van der Waals surface area contributed by atoms with Crippen molar-refractivity contribution in [3.05, 3.63) is 71.4 Å². The van der Waals surface area contributed by atoms with Gasteiger partial charge in [-0.3, -0.25) is 14.6 Å². The van der Waals surface area contributed by atoms with Crippen LogP contribution in [0.5, 0.6) is 11.5 Å². The fourth-order valence-electron chi connectivity index (χ4n) is 5.12. The van der Waals surface area contributed by atoms with Gasteiger partial charge in [-0.05, 0) is 37.1 Å². The molecular weight excluding hydrogens is 524 g/mol. The summed E-state index contributed by atoms with van der Waals surface area (Å²) in [5, 5.41) is 3.13. The van der Waals surface area contributed by atoms with Crippen LogP contribution in [0.2, 0.25) is 0 Å². The largest absolute Gasteiger partial charge is 0.456 e. The number of ether oxygens (including phenoxy) is 3. The molecule has 0 saturated carbocycles. The van der Waals surface area contributed by atoms with Crippen LogP contribution in [0.3, 0.4) is 0 Å². The summed E-state index contributed by atoms with van der Waals surface area (Å²) in [6, 6.07) is 10.9. The summed E-state index contributed by atoms with van der Waals surface area (Å²) in [5.41, 5.74) is 2.24. The predicted octanol–water partition coefficient (Wildman–Crippen LogP) is 2.92. The Morgan fingerprint density at radius 2 is 1.98 bits per heavy atom. The van der Waals surface area contributed by atoms with Gasteiger partial charge in [0.2, 0.25) is 5.91 Å². The predicted molar refractivity (Wildman–Crippen MR) is 152 cm³/mol. The highest BCUT2D eigenvalue weighted by molar-refractivity contribution is 5.96. The summed E-state index contributed by atoms with van der Waals surface area (Å²) in [5.74, 6) is 1.94. The summed E-state index contributed by atoms with van der Waals surface area (Å²) in [4.78, 5) is 43.8. The lowest BCUT2D eigenvalue weighted by Gasteiger charge is -2.25. The van der Waals surface area contributed by atoms with E-state index in [1.54, 1.807) is 19.4 Å². The number of rotatable bonds is 6. The van der Waals surface area contributed by atoms with E-state index in [9.17, 15) is 9.59 Å². The Morgan fingerprint density at radius 3 is 2.80 bits per heavy atom. The third-order valence-corrected chi connectivity index (χ3v) is 7.07. The lowest BCUT2D eigenvalue weighted by molar-refractivity contribution is -0.123. The van der Waals surface area contributed by atoms with Crippen molar-refractivity contribution in [1.29, 1.82) is 0 Å². The first-order valence-corrected chi connectivity index (χ1v) is 13.9. The molecule has 0 unspecified atom stereocenters. The first-order chi connectivity index (χ1) is 19.9. The van der Waals surface area contributed by atoms with Gasteiger partial charge < -0.3 is 29.3 Å². The zero-order valence-electron chi connectivity index (χ0n) is 23.7. The van der Waals surface area contributed by atoms with Crippen molar-refractivity contribution in [3.8, 4) is 11.5 Å². The van der Waals surface area contributed by atoms with E-state index in [0.29, 0.717) is 42.6 Å². The van der Waals surface area contributed by atoms with Crippen LogP contribution in [0.15, 0.2) is 48.8 Å². The molecule has 216 valence electrons. The van der Waals surface area contributed by atoms with Crippen LogP contribution in [0.25, 0.3) is 0 Å². The number of methoxy groups -OCH3 is 1. The van der Waals surface area contributed by atoms with Crippen molar-refractivity contribution < 1.29 is 23.8 Å². The number of hydrogen-bond donors (Lipinski definition) is 1. The second-order valence-electron chi connectivity index (χ2n) is 10.3. The number of pyridine rings is 1. The maximum Gasteiger partial charge on any atom is 0.256 e. The lowest BCUT2D eigenvalue weighted by atomic mass is 10.2. The monoisotopic (exact) mass is 560 g/mol. The van der Waals surface area contributed by atoms with Crippen molar-refractivity contribution in [1.82, 2.24) is 25.2 Å². The van der Waals surface area contributed by atoms with Gasteiger partial charge in [0.15, 0.2) is 0 Å². The summed E-state index contributed by atoms with van der Waals surface area (Å²) in [7, 11) is 1.56. The van der Waals surface area contributed by atoms with Crippen LogP contribution in [-0.4, -0.2) is 83.7 Å². The molecule has 41 heavy (non-hydrogen) atoms. The summed E-state index contributed by atoms with van der Waals surface area (Å²) in [6.45, 7) is 5.80. The number of benzene rings is 1. The van der Waals surface area contributed by atoms with Gasteiger partial charge in [-0.25, -0.2) is 9.97 Å². The quantitative estimate of drug-likeness (QED) is 0.485. The highest BCUT2D eigenvalue weighted by Gasteiger charge is 2.36. The van der Waals surface area contributed by atoms with Crippen molar-refractivity contribution in [2.75, 3.05) is 44.8 Å². The zero-order chi connectivity index (χ0) is 28.8. The number of anilines is 1. The Kier molecular flexibility index (Phi) is 9.05. The molecule has 3 aromatic rings. The average Bonchev–Trinajstić information content (AvgIpc) is 3.36. The first-order valence-electron chi connectivity index (χ1n) is 13.9. The molecule has 2 atom stereocenters. The van der Waals surface area contributed by atoms with Crippen molar-refractivity contribution in [3.63, 3.8) is 0 Å². The molecule has 1 aromatic carbocycles. The minimum Gasteiger partial charge on any atom is -0.456 e. The lowest BCUT2D eigenvalue weighted by Crippen LogP contribution is -2.49. The van der Waals surface area contributed by atoms with E-state index in [1.807, 2.05) is 37.3 Å². The maximum atomic E-state index is 13.5. The van der Waals surface area contributed by atoms with Crippen LogP contribution >= 0.6 is 0 Å². The molecule has 0 spiro atoms. The minimum absolute atomic E-state index is 0.136. The maximum absolute atomic E-state index is 13.5. The van der Waals surface area contributed by atoms with Gasteiger partial charge in [0.1, 0.15) is 23.1 Å². The molecule has 2 aliphatic rings. The van der Waals surface area contributed by atoms with Crippen molar-refractivity contribution in [2.45, 2.75) is 45.4 Å². The van der Waals surface area contributed by atoms with Crippen LogP contribution in [0, 0.1) is 6.92 Å². The number of amides is 2. The third kappa shape index (κ3) is 7.17.